The average molecular weight is 459 g/mol. The van der Waals surface area contributed by atoms with E-state index in [0.717, 1.165) is 17.3 Å². The molecule has 4 rings (SSSR count). The van der Waals surface area contributed by atoms with Gasteiger partial charge in [-0.2, -0.15) is 0 Å². The zero-order valence-corrected chi connectivity index (χ0v) is 18.7. The molecule has 1 heterocycles. The summed E-state index contributed by atoms with van der Waals surface area (Å²) >= 11 is 1.12. The van der Waals surface area contributed by atoms with Crippen LogP contribution < -0.4 is 16.2 Å². The molecular formula is C25H22N4O3S. The molecule has 0 saturated heterocycles. The van der Waals surface area contributed by atoms with Crippen LogP contribution in [0.15, 0.2) is 94.9 Å². The summed E-state index contributed by atoms with van der Waals surface area (Å²) in [4.78, 5) is 42.7. The number of urea groups is 1. The van der Waals surface area contributed by atoms with Gasteiger partial charge in [0.1, 0.15) is 0 Å². The summed E-state index contributed by atoms with van der Waals surface area (Å²) in [5.74, 6) is -0.479. The fourth-order valence-corrected chi connectivity index (χ4v) is 4.17. The van der Waals surface area contributed by atoms with E-state index in [2.05, 4.69) is 15.6 Å². The van der Waals surface area contributed by atoms with E-state index in [1.165, 1.54) is 4.57 Å². The zero-order valence-electron chi connectivity index (χ0n) is 17.9. The summed E-state index contributed by atoms with van der Waals surface area (Å²) in [5, 5.41) is 5.21. The van der Waals surface area contributed by atoms with E-state index in [-0.39, 0.29) is 5.56 Å². The number of rotatable bonds is 6. The van der Waals surface area contributed by atoms with E-state index < -0.39 is 17.2 Å². The molecule has 0 aliphatic rings. The summed E-state index contributed by atoms with van der Waals surface area (Å²) in [6, 6.07) is 25.1. The molecular weight excluding hydrogens is 436 g/mol. The summed E-state index contributed by atoms with van der Waals surface area (Å²) in [6.07, 6.45) is 0. The minimum atomic E-state index is -0.671. The molecule has 3 aromatic carbocycles. The monoisotopic (exact) mass is 458 g/mol. The van der Waals surface area contributed by atoms with Crippen LogP contribution in [-0.4, -0.2) is 26.7 Å². The molecule has 0 spiro atoms. The number of benzene rings is 3. The van der Waals surface area contributed by atoms with Gasteiger partial charge < -0.3 is 5.32 Å². The molecule has 0 aliphatic heterocycles. The molecule has 0 fully saturated rings. The van der Waals surface area contributed by atoms with Crippen molar-refractivity contribution in [1.29, 1.82) is 0 Å². The maximum atomic E-state index is 13.2. The summed E-state index contributed by atoms with van der Waals surface area (Å²) in [7, 11) is 0. The lowest BCUT2D eigenvalue weighted by Crippen LogP contribution is -2.42. The first-order valence-electron chi connectivity index (χ1n) is 10.4. The van der Waals surface area contributed by atoms with Crippen LogP contribution in [-0.2, 0) is 11.3 Å². The van der Waals surface area contributed by atoms with Gasteiger partial charge in [-0.25, -0.2) is 9.78 Å². The summed E-state index contributed by atoms with van der Waals surface area (Å²) in [5.41, 5.74) is 1.90. The number of hydrogen-bond donors (Lipinski definition) is 2. The number of thioether (sulfide) groups is 1. The topological polar surface area (TPSA) is 93.1 Å². The highest BCUT2D eigenvalue weighted by Crippen LogP contribution is 2.25. The molecule has 1 aromatic heterocycles. The lowest BCUT2D eigenvalue weighted by molar-refractivity contribution is -0.119. The summed E-state index contributed by atoms with van der Waals surface area (Å²) in [6.45, 7) is 1.97. The van der Waals surface area contributed by atoms with Gasteiger partial charge in [-0.05, 0) is 36.8 Å². The minimum Gasteiger partial charge on any atom is -0.334 e. The largest absolute Gasteiger partial charge is 0.334 e. The van der Waals surface area contributed by atoms with Crippen molar-refractivity contribution in [2.75, 3.05) is 0 Å². The van der Waals surface area contributed by atoms with Crippen molar-refractivity contribution in [3.63, 3.8) is 0 Å². The van der Waals surface area contributed by atoms with Crippen molar-refractivity contribution in [2.24, 2.45) is 0 Å². The third-order valence-corrected chi connectivity index (χ3v) is 6.00. The zero-order chi connectivity index (χ0) is 23.2. The van der Waals surface area contributed by atoms with Gasteiger partial charge in [0.05, 0.1) is 21.8 Å². The molecule has 33 heavy (non-hydrogen) atoms. The van der Waals surface area contributed by atoms with Crippen LogP contribution in [0.25, 0.3) is 16.6 Å². The van der Waals surface area contributed by atoms with Gasteiger partial charge in [-0.15, -0.1) is 0 Å². The number of nitrogens with zero attached hydrogens (tertiary/aromatic N) is 2. The normalized spacial score (nSPS) is 11.7. The smallest absolute Gasteiger partial charge is 0.321 e. The number of nitrogens with one attached hydrogen (secondary N) is 2. The van der Waals surface area contributed by atoms with Crippen LogP contribution in [0.3, 0.4) is 0 Å². The molecule has 1 atom stereocenters. The SMILES string of the molecule is CC(Sc1nc2ccccc2c(=O)n1-c1ccccc1)C(=O)NC(=O)NCc1ccccc1. The Balaban J connectivity index is 1.53. The highest BCUT2D eigenvalue weighted by molar-refractivity contribution is 8.00. The fourth-order valence-electron chi connectivity index (χ4n) is 3.24. The Morgan fingerprint density at radius 2 is 1.58 bits per heavy atom. The molecule has 4 aromatic rings. The van der Waals surface area contributed by atoms with Crippen molar-refractivity contribution in [1.82, 2.24) is 20.2 Å². The molecule has 8 heteroatoms. The van der Waals surface area contributed by atoms with Crippen molar-refractivity contribution >= 4 is 34.6 Å². The number of carbonyl (C=O) groups is 2. The average Bonchev–Trinajstić information content (AvgIpc) is 2.84. The fraction of sp³-hybridized carbons (Fsp3) is 0.120. The Hall–Kier alpha value is -3.91. The van der Waals surface area contributed by atoms with Gasteiger partial charge in [0.15, 0.2) is 5.16 Å². The Labute approximate surface area is 194 Å². The molecule has 0 radical (unpaired) electrons. The van der Waals surface area contributed by atoms with E-state index in [1.54, 1.807) is 25.1 Å². The Morgan fingerprint density at radius 3 is 2.30 bits per heavy atom. The molecule has 0 saturated carbocycles. The molecule has 0 bridgehead atoms. The van der Waals surface area contributed by atoms with Gasteiger partial charge in [0.2, 0.25) is 5.91 Å². The van der Waals surface area contributed by atoms with Crippen LogP contribution in [0.5, 0.6) is 0 Å². The molecule has 166 valence electrons. The number of hydrogen-bond acceptors (Lipinski definition) is 5. The van der Waals surface area contributed by atoms with E-state index in [0.29, 0.717) is 28.3 Å². The first-order chi connectivity index (χ1) is 16.0. The van der Waals surface area contributed by atoms with Gasteiger partial charge in [-0.3, -0.25) is 19.5 Å². The second-order valence-corrected chi connectivity index (χ2v) is 8.61. The minimum absolute atomic E-state index is 0.220. The first-order valence-corrected chi connectivity index (χ1v) is 11.3. The van der Waals surface area contributed by atoms with Gasteiger partial charge >= 0.3 is 6.03 Å². The molecule has 3 amide bonds. The maximum Gasteiger partial charge on any atom is 0.321 e. The number of imide groups is 1. The number of para-hydroxylation sites is 2. The molecule has 1 unspecified atom stereocenters. The van der Waals surface area contributed by atoms with E-state index in [9.17, 15) is 14.4 Å². The van der Waals surface area contributed by atoms with Crippen LogP contribution in [0.2, 0.25) is 0 Å². The van der Waals surface area contributed by atoms with E-state index in [4.69, 9.17) is 0 Å². The Morgan fingerprint density at radius 1 is 0.939 bits per heavy atom. The van der Waals surface area contributed by atoms with Gasteiger partial charge in [0.25, 0.3) is 5.56 Å². The Kier molecular flexibility index (Phi) is 6.85. The standard InChI is InChI=1S/C25H22N4O3S/c1-17(22(30)28-24(32)26-16-18-10-4-2-5-11-18)33-25-27-21-15-9-8-14-20(21)23(31)29(25)19-12-6-3-7-13-19/h2-15,17H,16H2,1H3,(H2,26,28,30,32). The first kappa shape index (κ1) is 22.3. The van der Waals surface area contributed by atoms with Crippen LogP contribution in [0, 0.1) is 0 Å². The third kappa shape index (κ3) is 5.30. The van der Waals surface area contributed by atoms with E-state index >= 15 is 0 Å². The van der Waals surface area contributed by atoms with Gasteiger partial charge in [0, 0.05) is 6.54 Å². The Bertz CT molecular complexity index is 1340. The predicted molar refractivity (Wildman–Crippen MR) is 129 cm³/mol. The molecule has 0 aliphatic carbocycles. The van der Waals surface area contributed by atoms with Crippen molar-refractivity contribution in [3.05, 3.63) is 101 Å². The van der Waals surface area contributed by atoms with Crippen LogP contribution >= 0.6 is 11.8 Å². The van der Waals surface area contributed by atoms with E-state index in [1.807, 2.05) is 66.7 Å². The van der Waals surface area contributed by atoms with Crippen molar-refractivity contribution < 1.29 is 9.59 Å². The number of aromatic nitrogens is 2. The van der Waals surface area contributed by atoms with Crippen LogP contribution in [0.1, 0.15) is 12.5 Å². The van der Waals surface area contributed by atoms with Crippen LogP contribution in [0.4, 0.5) is 4.79 Å². The highest BCUT2D eigenvalue weighted by atomic mass is 32.2. The van der Waals surface area contributed by atoms with Gasteiger partial charge in [-0.1, -0.05) is 72.4 Å². The lowest BCUT2D eigenvalue weighted by Gasteiger charge is -2.16. The number of carbonyl (C=O) groups excluding carboxylic acids is 2. The molecule has 7 nitrogen and oxygen atoms in total. The maximum absolute atomic E-state index is 13.2. The second-order valence-electron chi connectivity index (χ2n) is 7.31. The lowest BCUT2D eigenvalue weighted by atomic mass is 10.2. The molecule has 2 N–H and O–H groups in total. The second kappa shape index (κ2) is 10.1. The number of fused-ring (bicyclic) bond motifs is 1. The predicted octanol–water partition coefficient (Wildman–Crippen LogP) is 3.89. The van der Waals surface area contributed by atoms with Crippen molar-refractivity contribution in [3.8, 4) is 5.69 Å². The highest BCUT2D eigenvalue weighted by Gasteiger charge is 2.21. The summed E-state index contributed by atoms with van der Waals surface area (Å²) < 4.78 is 1.49. The third-order valence-electron chi connectivity index (χ3n) is 4.94. The quantitative estimate of drug-likeness (QED) is 0.338. The number of amides is 3. The van der Waals surface area contributed by atoms with Crippen molar-refractivity contribution in [2.45, 2.75) is 23.9 Å².